The van der Waals surface area contributed by atoms with E-state index in [1.165, 1.54) is 10.6 Å². The van der Waals surface area contributed by atoms with Gasteiger partial charge in [-0.15, -0.1) is 0 Å². The number of nitrogens with zero attached hydrogens (tertiary/aromatic N) is 6. The molecule has 6 heteroatoms. The Hall–Kier alpha value is -7.83. The van der Waals surface area contributed by atoms with Crippen molar-refractivity contribution in [1.29, 1.82) is 0 Å². The van der Waals surface area contributed by atoms with Gasteiger partial charge in [-0.05, 0) is 60.5 Å². The fourth-order valence-corrected chi connectivity index (χ4v) is 7.56. The first kappa shape index (κ1) is 17.8. The minimum atomic E-state index is -0.808. The van der Waals surface area contributed by atoms with Crippen molar-refractivity contribution in [3.8, 4) is 40.1 Å². The molecule has 12 aromatic rings. The van der Waals surface area contributed by atoms with Crippen LogP contribution in [0.2, 0.25) is 0 Å². The first-order valence-corrected chi connectivity index (χ1v) is 17.6. The van der Waals surface area contributed by atoms with E-state index in [0.29, 0.717) is 11.0 Å². The van der Waals surface area contributed by atoms with Crippen LogP contribution in [0.25, 0.3) is 106 Å². The fraction of sp³-hybridized carbons (Fsp3) is 0. The van der Waals surface area contributed by atoms with Gasteiger partial charge in [-0.1, -0.05) is 133 Å². The van der Waals surface area contributed by atoms with E-state index in [2.05, 4.69) is 0 Å². The maximum atomic E-state index is 10.1. The van der Waals surface area contributed by atoms with Crippen LogP contribution < -0.4 is 0 Å². The molecule has 0 radical (unpaired) electrons. The maximum Gasteiger partial charge on any atom is 0.238 e. The van der Waals surface area contributed by atoms with E-state index in [1.54, 1.807) is 47.0 Å². The number of benzene rings is 8. The fourth-order valence-electron chi connectivity index (χ4n) is 7.56. The van der Waals surface area contributed by atoms with Crippen molar-refractivity contribution >= 4 is 65.4 Å². The molecule has 57 heavy (non-hydrogen) atoms. The van der Waals surface area contributed by atoms with E-state index >= 15 is 0 Å². The summed E-state index contributed by atoms with van der Waals surface area (Å²) >= 11 is 0. The van der Waals surface area contributed by atoms with Crippen molar-refractivity contribution in [2.75, 3.05) is 0 Å². The van der Waals surface area contributed by atoms with Crippen molar-refractivity contribution in [3.63, 3.8) is 0 Å². The van der Waals surface area contributed by atoms with Crippen LogP contribution in [0.5, 0.6) is 0 Å². The standard InChI is InChI=1S/C51H32N6/c1-2-16-34(17-3-1)55-42-24-10-4-22-39(42)40-31-30-33(32-48(40)55)49-52-50(54-51(53-49)57-45-27-13-7-20-37(45)38-21-8-14-28-46(38)57)41-23-9-15-29-47(41)56-43-25-11-5-18-35(43)36-19-6-12-26-44(36)56/h1-32H/i1D,2D,3D,4D,5D,6D,10D,11D,12D,16D,17D,18D,19D,22D,24D,25D,26D,30D,31D,32D. The summed E-state index contributed by atoms with van der Waals surface area (Å²) in [4.78, 5) is 14.9. The van der Waals surface area contributed by atoms with Gasteiger partial charge in [0.2, 0.25) is 5.95 Å². The molecule has 0 amide bonds. The minimum Gasteiger partial charge on any atom is -0.309 e. The van der Waals surface area contributed by atoms with Gasteiger partial charge in [0.1, 0.15) is 0 Å². The Kier molecular flexibility index (Phi) is 3.85. The number of hydrogen-bond donors (Lipinski definition) is 0. The van der Waals surface area contributed by atoms with Crippen LogP contribution >= 0.6 is 0 Å². The second kappa shape index (κ2) is 12.3. The summed E-state index contributed by atoms with van der Waals surface area (Å²) < 4.78 is 184. The lowest BCUT2D eigenvalue weighted by atomic mass is 10.1. The molecule has 0 atom stereocenters. The summed E-state index contributed by atoms with van der Waals surface area (Å²) in [5.74, 6) is -0.801. The van der Waals surface area contributed by atoms with Crippen molar-refractivity contribution in [2.45, 2.75) is 0 Å². The van der Waals surface area contributed by atoms with Gasteiger partial charge in [0.05, 0.1) is 66.2 Å². The molecule has 0 unspecified atom stereocenters. The lowest BCUT2D eigenvalue weighted by molar-refractivity contribution is 0.952. The minimum absolute atomic E-state index is 0.0476. The molecule has 0 N–H and O–H groups in total. The van der Waals surface area contributed by atoms with E-state index in [1.807, 2.05) is 24.3 Å². The molecule has 266 valence electrons. The molecule has 0 fully saturated rings. The lowest BCUT2D eigenvalue weighted by Crippen LogP contribution is -2.08. The molecule has 4 heterocycles. The van der Waals surface area contributed by atoms with Gasteiger partial charge in [-0.3, -0.25) is 4.57 Å². The van der Waals surface area contributed by atoms with Crippen LogP contribution in [0.15, 0.2) is 194 Å². The zero-order valence-corrected chi connectivity index (χ0v) is 29.1. The Morgan fingerprint density at radius 2 is 0.895 bits per heavy atom. The quantitative estimate of drug-likeness (QED) is 0.176. The van der Waals surface area contributed by atoms with Gasteiger partial charge in [0.25, 0.3) is 0 Å². The molecule has 6 nitrogen and oxygen atoms in total. The van der Waals surface area contributed by atoms with Crippen LogP contribution in [0, 0.1) is 0 Å². The Labute approximate surface area is 355 Å². The molecule has 0 saturated heterocycles. The summed E-state index contributed by atoms with van der Waals surface area (Å²) in [6, 6.07) is 6.93. The first-order chi connectivity index (χ1) is 36.6. The Bertz CT molecular complexity index is 4560. The van der Waals surface area contributed by atoms with Crippen LogP contribution in [-0.4, -0.2) is 28.7 Å². The normalized spacial score (nSPS) is 16.8. The summed E-state index contributed by atoms with van der Waals surface area (Å²) in [6.45, 7) is 0. The van der Waals surface area contributed by atoms with E-state index in [-0.39, 0.29) is 55.6 Å². The number of para-hydroxylation sites is 7. The second-order valence-corrected chi connectivity index (χ2v) is 13.0. The molecule has 8 aromatic carbocycles. The molecule has 0 saturated carbocycles. The van der Waals surface area contributed by atoms with E-state index in [0.717, 1.165) is 15.3 Å². The van der Waals surface area contributed by atoms with Gasteiger partial charge in [-0.25, -0.2) is 4.98 Å². The van der Waals surface area contributed by atoms with Crippen LogP contribution in [0.1, 0.15) is 27.4 Å². The monoisotopic (exact) mass is 748 g/mol. The molecule has 4 aromatic heterocycles. The van der Waals surface area contributed by atoms with E-state index in [4.69, 9.17) is 35.5 Å². The topological polar surface area (TPSA) is 53.5 Å². The largest absolute Gasteiger partial charge is 0.309 e. The van der Waals surface area contributed by atoms with Crippen molar-refractivity contribution in [2.24, 2.45) is 0 Å². The number of aromatic nitrogens is 6. The molecular weight excluding hydrogens is 697 g/mol. The summed E-state index contributed by atoms with van der Waals surface area (Å²) in [5, 5.41) is 0.400. The van der Waals surface area contributed by atoms with Gasteiger partial charge in [-0.2, -0.15) is 9.97 Å². The van der Waals surface area contributed by atoms with Crippen LogP contribution in [0.3, 0.4) is 0 Å². The highest BCUT2D eigenvalue weighted by Crippen LogP contribution is 2.38. The van der Waals surface area contributed by atoms with Crippen LogP contribution in [0.4, 0.5) is 0 Å². The van der Waals surface area contributed by atoms with E-state index in [9.17, 15) is 6.85 Å². The molecule has 0 spiro atoms. The van der Waals surface area contributed by atoms with Crippen molar-refractivity contribution in [3.05, 3.63) is 194 Å². The van der Waals surface area contributed by atoms with Gasteiger partial charge in [0.15, 0.2) is 11.6 Å². The smallest absolute Gasteiger partial charge is 0.238 e. The third kappa shape index (κ3) is 4.74. The molecule has 12 rings (SSSR count). The predicted octanol–water partition coefficient (Wildman–Crippen LogP) is 12.5. The molecule has 0 aliphatic rings. The van der Waals surface area contributed by atoms with Gasteiger partial charge >= 0.3 is 0 Å². The first-order valence-electron chi connectivity index (χ1n) is 27.6. The van der Waals surface area contributed by atoms with Crippen molar-refractivity contribution in [1.82, 2.24) is 28.7 Å². The zero-order valence-electron chi connectivity index (χ0n) is 49.1. The van der Waals surface area contributed by atoms with Crippen molar-refractivity contribution < 1.29 is 27.4 Å². The lowest BCUT2D eigenvalue weighted by Gasteiger charge is -2.15. The average molecular weight is 749 g/mol. The van der Waals surface area contributed by atoms with Gasteiger partial charge in [0, 0.05) is 49.1 Å². The van der Waals surface area contributed by atoms with Gasteiger partial charge < -0.3 is 9.13 Å². The summed E-state index contributed by atoms with van der Waals surface area (Å²) in [5.41, 5.74) is -1.13. The number of fused-ring (bicyclic) bond motifs is 9. The molecular formula is C51H32N6. The highest BCUT2D eigenvalue weighted by molar-refractivity contribution is 6.12. The molecule has 0 bridgehead atoms. The molecule has 0 aliphatic heterocycles. The maximum absolute atomic E-state index is 10.1. The zero-order chi connectivity index (χ0) is 54.9. The summed E-state index contributed by atoms with van der Waals surface area (Å²) in [6.07, 6.45) is 0. The Balaban J connectivity index is 1.27. The SMILES string of the molecule is [2H]c1c([2H])c([2H])c(-n2c3c([2H])c([2H])c([2H])c([2H])c3c3c([2H])c([2H])c(-c4nc(-c5ccccc5-n5c6c([2H])c([2H])c([2H])c([2H])c6c6c([2H])c([2H])c([2H])c([2H])c65)nc(-n5c6ccccc6c6ccccc65)n4)c([2H])c32)c([2H])c1[2H]. The van der Waals surface area contributed by atoms with Crippen LogP contribution in [-0.2, 0) is 0 Å². The highest BCUT2D eigenvalue weighted by atomic mass is 15.2. The van der Waals surface area contributed by atoms with E-state index < -0.39 is 149 Å². The Morgan fingerprint density at radius 1 is 0.368 bits per heavy atom. The average Bonchev–Trinajstić information content (AvgIpc) is 4.15. The third-order valence-corrected chi connectivity index (χ3v) is 9.91. The molecule has 0 aliphatic carbocycles. The highest BCUT2D eigenvalue weighted by Gasteiger charge is 2.22. The number of rotatable bonds is 5. The Morgan fingerprint density at radius 3 is 1.56 bits per heavy atom. The predicted molar refractivity (Wildman–Crippen MR) is 234 cm³/mol. The number of hydrogen-bond acceptors (Lipinski definition) is 3. The third-order valence-electron chi connectivity index (χ3n) is 9.91. The summed E-state index contributed by atoms with van der Waals surface area (Å²) in [7, 11) is 0. The second-order valence-electron chi connectivity index (χ2n) is 13.0.